The SMILES string of the molecule is COc1ccc(C2Cn3c(C)cnc3CN2C(=O)CCl)cc1. The van der Waals surface area contributed by atoms with E-state index in [2.05, 4.69) is 9.55 Å². The zero-order chi connectivity index (χ0) is 15.7. The number of alkyl halides is 1. The first-order chi connectivity index (χ1) is 10.6. The highest BCUT2D eigenvalue weighted by Gasteiger charge is 2.31. The van der Waals surface area contributed by atoms with Gasteiger partial charge in [0.25, 0.3) is 0 Å². The van der Waals surface area contributed by atoms with Gasteiger partial charge in [0.05, 0.1) is 19.7 Å². The minimum absolute atomic E-state index is 0.0215. The number of hydrogen-bond donors (Lipinski definition) is 0. The highest BCUT2D eigenvalue weighted by Crippen LogP contribution is 2.31. The van der Waals surface area contributed by atoms with Crippen molar-refractivity contribution in [3.8, 4) is 5.75 Å². The molecule has 22 heavy (non-hydrogen) atoms. The number of halogens is 1. The van der Waals surface area contributed by atoms with E-state index in [-0.39, 0.29) is 17.8 Å². The van der Waals surface area contributed by atoms with E-state index in [1.165, 1.54) is 0 Å². The molecule has 1 aromatic heterocycles. The average Bonchev–Trinajstić information content (AvgIpc) is 2.93. The van der Waals surface area contributed by atoms with Gasteiger partial charge in [-0.25, -0.2) is 4.98 Å². The number of imidazole rings is 1. The first kappa shape index (κ1) is 14.9. The van der Waals surface area contributed by atoms with Gasteiger partial charge in [-0.15, -0.1) is 11.6 Å². The molecule has 0 saturated carbocycles. The summed E-state index contributed by atoms with van der Waals surface area (Å²) in [7, 11) is 1.64. The van der Waals surface area contributed by atoms with Crippen LogP contribution in [-0.4, -0.2) is 33.3 Å². The second-order valence-corrected chi connectivity index (χ2v) is 5.64. The molecule has 0 N–H and O–H groups in total. The molecule has 1 amide bonds. The molecule has 5 nitrogen and oxygen atoms in total. The molecule has 0 fully saturated rings. The third-order valence-corrected chi connectivity index (χ3v) is 4.35. The number of aryl methyl sites for hydroxylation is 1. The van der Waals surface area contributed by atoms with Gasteiger partial charge in [-0.2, -0.15) is 0 Å². The molecule has 2 aromatic rings. The molecule has 1 aromatic carbocycles. The normalized spacial score (nSPS) is 17.2. The molecule has 1 atom stereocenters. The summed E-state index contributed by atoms with van der Waals surface area (Å²) in [4.78, 5) is 18.4. The van der Waals surface area contributed by atoms with Gasteiger partial charge in [-0.3, -0.25) is 4.79 Å². The van der Waals surface area contributed by atoms with E-state index >= 15 is 0 Å². The van der Waals surface area contributed by atoms with Crippen LogP contribution in [0.1, 0.15) is 23.1 Å². The van der Waals surface area contributed by atoms with Crippen LogP contribution in [-0.2, 0) is 17.9 Å². The quantitative estimate of drug-likeness (QED) is 0.817. The molecule has 0 aliphatic carbocycles. The maximum atomic E-state index is 12.2. The van der Waals surface area contributed by atoms with Crippen LogP contribution < -0.4 is 4.74 Å². The number of carbonyl (C=O) groups excluding carboxylic acids is 1. The summed E-state index contributed by atoms with van der Waals surface area (Å²) in [6.07, 6.45) is 1.84. The number of benzene rings is 1. The Kier molecular flexibility index (Phi) is 4.07. The van der Waals surface area contributed by atoms with Gasteiger partial charge in [0.2, 0.25) is 5.91 Å². The van der Waals surface area contributed by atoms with Gasteiger partial charge in [-0.05, 0) is 24.6 Å². The third-order valence-electron chi connectivity index (χ3n) is 4.12. The number of nitrogens with zero attached hydrogens (tertiary/aromatic N) is 3. The summed E-state index contributed by atoms with van der Waals surface area (Å²) in [5.74, 6) is 1.61. The Morgan fingerprint density at radius 1 is 1.41 bits per heavy atom. The molecular weight excluding hydrogens is 302 g/mol. The van der Waals surface area contributed by atoms with Gasteiger partial charge in [0, 0.05) is 18.4 Å². The monoisotopic (exact) mass is 319 g/mol. The molecule has 1 unspecified atom stereocenters. The first-order valence-electron chi connectivity index (χ1n) is 7.14. The van der Waals surface area contributed by atoms with E-state index in [9.17, 15) is 4.79 Å². The number of fused-ring (bicyclic) bond motifs is 1. The van der Waals surface area contributed by atoms with Crippen LogP contribution in [0.5, 0.6) is 5.75 Å². The summed E-state index contributed by atoms with van der Waals surface area (Å²) in [5.41, 5.74) is 2.17. The van der Waals surface area contributed by atoms with Crippen LogP contribution in [0.4, 0.5) is 0 Å². The Bertz CT molecular complexity index is 681. The highest BCUT2D eigenvalue weighted by atomic mass is 35.5. The summed E-state index contributed by atoms with van der Waals surface area (Å²) in [6.45, 7) is 3.20. The summed E-state index contributed by atoms with van der Waals surface area (Å²) >= 11 is 5.78. The first-order valence-corrected chi connectivity index (χ1v) is 7.68. The van der Waals surface area contributed by atoms with Crippen molar-refractivity contribution in [2.75, 3.05) is 13.0 Å². The lowest BCUT2D eigenvalue weighted by atomic mass is 10.0. The second kappa shape index (κ2) is 6.01. The lowest BCUT2D eigenvalue weighted by molar-refractivity contribution is -0.133. The Morgan fingerprint density at radius 2 is 2.14 bits per heavy atom. The minimum Gasteiger partial charge on any atom is -0.497 e. The van der Waals surface area contributed by atoms with Gasteiger partial charge in [0.15, 0.2) is 0 Å². The van der Waals surface area contributed by atoms with Crippen LogP contribution in [0.15, 0.2) is 30.5 Å². The lowest BCUT2D eigenvalue weighted by Gasteiger charge is -2.36. The van der Waals surface area contributed by atoms with E-state index in [4.69, 9.17) is 16.3 Å². The smallest absolute Gasteiger partial charge is 0.238 e. The predicted molar refractivity (Wildman–Crippen MR) is 84.0 cm³/mol. The number of aromatic nitrogens is 2. The summed E-state index contributed by atoms with van der Waals surface area (Å²) in [6, 6.07) is 7.77. The van der Waals surface area contributed by atoms with Crippen molar-refractivity contribution in [3.63, 3.8) is 0 Å². The van der Waals surface area contributed by atoms with E-state index in [1.807, 2.05) is 37.4 Å². The minimum atomic E-state index is -0.0746. The fourth-order valence-electron chi connectivity index (χ4n) is 2.87. The third kappa shape index (κ3) is 2.57. The van der Waals surface area contributed by atoms with Crippen molar-refractivity contribution in [1.82, 2.24) is 14.5 Å². The van der Waals surface area contributed by atoms with E-state index in [0.717, 1.165) is 22.8 Å². The fraction of sp³-hybridized carbons (Fsp3) is 0.375. The Hall–Kier alpha value is -2.01. The molecule has 6 heteroatoms. The number of carbonyl (C=O) groups is 1. The van der Waals surface area contributed by atoms with Crippen molar-refractivity contribution < 1.29 is 9.53 Å². The number of amides is 1. The fourth-order valence-corrected chi connectivity index (χ4v) is 3.02. The number of rotatable bonds is 3. The molecule has 0 spiro atoms. The summed E-state index contributed by atoms with van der Waals surface area (Å²) < 4.78 is 7.36. The molecule has 1 aliphatic heterocycles. The Balaban J connectivity index is 1.97. The molecule has 2 heterocycles. The van der Waals surface area contributed by atoms with Crippen molar-refractivity contribution >= 4 is 17.5 Å². The maximum absolute atomic E-state index is 12.2. The topological polar surface area (TPSA) is 47.4 Å². The molecule has 1 aliphatic rings. The maximum Gasteiger partial charge on any atom is 0.238 e. The van der Waals surface area contributed by atoms with E-state index < -0.39 is 0 Å². The van der Waals surface area contributed by atoms with Crippen LogP contribution in [0.25, 0.3) is 0 Å². The highest BCUT2D eigenvalue weighted by molar-refractivity contribution is 6.27. The van der Waals surface area contributed by atoms with Gasteiger partial charge < -0.3 is 14.2 Å². The van der Waals surface area contributed by atoms with Crippen molar-refractivity contribution in [2.45, 2.75) is 26.1 Å². The average molecular weight is 320 g/mol. The van der Waals surface area contributed by atoms with Crippen molar-refractivity contribution in [2.24, 2.45) is 0 Å². The van der Waals surface area contributed by atoms with Gasteiger partial charge >= 0.3 is 0 Å². The van der Waals surface area contributed by atoms with Crippen LogP contribution >= 0.6 is 11.6 Å². The van der Waals surface area contributed by atoms with Crippen LogP contribution in [0, 0.1) is 6.92 Å². The van der Waals surface area contributed by atoms with Crippen LogP contribution in [0.2, 0.25) is 0 Å². The number of ether oxygens (including phenoxy) is 1. The lowest BCUT2D eigenvalue weighted by Crippen LogP contribution is -2.42. The summed E-state index contributed by atoms with van der Waals surface area (Å²) in [5, 5.41) is 0. The molecular formula is C16H18ClN3O2. The predicted octanol–water partition coefficient (Wildman–Crippen LogP) is 2.52. The van der Waals surface area contributed by atoms with Crippen molar-refractivity contribution in [1.29, 1.82) is 0 Å². The largest absolute Gasteiger partial charge is 0.497 e. The van der Waals surface area contributed by atoms with Gasteiger partial charge in [0.1, 0.15) is 17.5 Å². The van der Waals surface area contributed by atoms with E-state index in [1.54, 1.807) is 12.0 Å². The van der Waals surface area contributed by atoms with E-state index in [0.29, 0.717) is 13.1 Å². The second-order valence-electron chi connectivity index (χ2n) is 5.37. The number of methoxy groups -OCH3 is 1. The number of hydrogen-bond acceptors (Lipinski definition) is 3. The van der Waals surface area contributed by atoms with Crippen molar-refractivity contribution in [3.05, 3.63) is 47.5 Å². The molecule has 0 saturated heterocycles. The molecule has 3 rings (SSSR count). The molecule has 0 bridgehead atoms. The zero-order valence-electron chi connectivity index (χ0n) is 12.6. The Morgan fingerprint density at radius 3 is 2.77 bits per heavy atom. The molecule has 116 valence electrons. The Labute approximate surface area is 134 Å². The van der Waals surface area contributed by atoms with Gasteiger partial charge in [-0.1, -0.05) is 12.1 Å². The standard InChI is InChI=1S/C16H18ClN3O2/c1-11-8-18-15-10-20(16(21)7-17)14(9-19(11)15)12-3-5-13(22-2)6-4-12/h3-6,8,14H,7,9-10H2,1-2H3. The zero-order valence-corrected chi connectivity index (χ0v) is 13.4. The van der Waals surface area contributed by atoms with Crippen LogP contribution in [0.3, 0.4) is 0 Å². The molecule has 0 radical (unpaired) electrons.